The molecule has 0 aromatic carbocycles. The summed E-state index contributed by atoms with van der Waals surface area (Å²) in [5.41, 5.74) is 1.57. The topological polar surface area (TPSA) is 37.3 Å². The summed E-state index contributed by atoms with van der Waals surface area (Å²) in [7, 11) is 0. The Morgan fingerprint density at radius 2 is 2.38 bits per heavy atom. The van der Waals surface area contributed by atoms with E-state index in [4.69, 9.17) is 0 Å². The molecule has 0 bridgehead atoms. The second-order valence-electron chi connectivity index (χ2n) is 3.17. The van der Waals surface area contributed by atoms with E-state index < -0.39 is 6.10 Å². The zero-order valence-corrected chi connectivity index (χ0v) is 7.79. The van der Waals surface area contributed by atoms with Gasteiger partial charge in [0.25, 0.3) is 0 Å². The maximum atomic E-state index is 11.3. The van der Waals surface area contributed by atoms with Crippen LogP contribution in [-0.4, -0.2) is 17.0 Å². The molecule has 0 saturated heterocycles. The largest absolute Gasteiger partial charge is 0.388 e. The van der Waals surface area contributed by atoms with Crippen molar-refractivity contribution in [3.63, 3.8) is 0 Å². The van der Waals surface area contributed by atoms with Crippen LogP contribution in [0.4, 0.5) is 0 Å². The van der Waals surface area contributed by atoms with Crippen molar-refractivity contribution < 1.29 is 9.90 Å². The Labute approximate surface area is 78.3 Å². The average molecular weight is 178 g/mol. The summed E-state index contributed by atoms with van der Waals surface area (Å²) >= 11 is 0. The zero-order chi connectivity index (χ0) is 9.84. The van der Waals surface area contributed by atoms with Crippen LogP contribution < -0.4 is 0 Å². The molecule has 0 aliphatic heterocycles. The first-order valence-electron chi connectivity index (χ1n) is 4.35. The van der Waals surface area contributed by atoms with Gasteiger partial charge in [-0.3, -0.25) is 4.79 Å². The zero-order valence-electron chi connectivity index (χ0n) is 7.79. The van der Waals surface area contributed by atoms with Gasteiger partial charge in [-0.2, -0.15) is 0 Å². The third-order valence-corrected chi connectivity index (χ3v) is 2.29. The molecule has 2 nitrogen and oxygen atoms in total. The molecule has 1 rings (SSSR count). The molecule has 0 aromatic heterocycles. The van der Waals surface area contributed by atoms with Crippen LogP contribution in [0, 0.1) is 0 Å². The van der Waals surface area contributed by atoms with Crippen LogP contribution >= 0.6 is 0 Å². The molecule has 70 valence electrons. The van der Waals surface area contributed by atoms with Crippen LogP contribution in [-0.2, 0) is 4.79 Å². The Balaban J connectivity index is 2.72. The van der Waals surface area contributed by atoms with Gasteiger partial charge in [0.05, 0.1) is 6.10 Å². The van der Waals surface area contributed by atoms with E-state index in [2.05, 4.69) is 6.58 Å². The minimum Gasteiger partial charge on any atom is -0.388 e. The van der Waals surface area contributed by atoms with Crippen molar-refractivity contribution in [1.29, 1.82) is 0 Å². The summed E-state index contributed by atoms with van der Waals surface area (Å²) in [6, 6.07) is 0. The van der Waals surface area contributed by atoms with Crippen LogP contribution in [0.25, 0.3) is 0 Å². The van der Waals surface area contributed by atoms with E-state index in [1.807, 2.05) is 13.0 Å². The van der Waals surface area contributed by atoms with Gasteiger partial charge >= 0.3 is 0 Å². The number of ketones is 1. The smallest absolute Gasteiger partial charge is 0.162 e. The van der Waals surface area contributed by atoms with Gasteiger partial charge in [0.1, 0.15) is 0 Å². The number of carbonyl (C=O) groups is 1. The molecular weight excluding hydrogens is 164 g/mol. The van der Waals surface area contributed by atoms with Gasteiger partial charge in [0.2, 0.25) is 0 Å². The predicted octanol–water partition coefficient (Wildman–Crippen LogP) is 1.77. The lowest BCUT2D eigenvalue weighted by Crippen LogP contribution is -2.03. The van der Waals surface area contributed by atoms with Crippen LogP contribution in [0.3, 0.4) is 0 Å². The molecule has 0 heterocycles. The predicted molar refractivity (Wildman–Crippen MR) is 52.3 cm³/mol. The Bertz CT molecular complexity index is 284. The first-order valence-corrected chi connectivity index (χ1v) is 4.35. The van der Waals surface area contributed by atoms with E-state index in [9.17, 15) is 9.90 Å². The van der Waals surface area contributed by atoms with E-state index in [0.29, 0.717) is 6.42 Å². The lowest BCUT2D eigenvalue weighted by Gasteiger charge is -1.99. The number of carbonyl (C=O) groups excluding carboxylic acids is 1. The van der Waals surface area contributed by atoms with E-state index in [1.54, 1.807) is 12.2 Å². The van der Waals surface area contributed by atoms with Crippen molar-refractivity contribution in [2.45, 2.75) is 25.9 Å². The Morgan fingerprint density at radius 3 is 2.85 bits per heavy atom. The average Bonchev–Trinajstić information content (AvgIpc) is 2.32. The molecular formula is C11H14O2. The van der Waals surface area contributed by atoms with Crippen LogP contribution in [0.5, 0.6) is 0 Å². The fourth-order valence-electron chi connectivity index (χ4n) is 1.43. The summed E-state index contributed by atoms with van der Waals surface area (Å²) < 4.78 is 0. The summed E-state index contributed by atoms with van der Waals surface area (Å²) in [6.07, 6.45) is 5.66. The van der Waals surface area contributed by atoms with E-state index >= 15 is 0 Å². The molecule has 0 amide bonds. The lowest BCUT2D eigenvalue weighted by atomic mass is 10.1. The van der Waals surface area contributed by atoms with Crippen molar-refractivity contribution in [2.75, 3.05) is 0 Å². The quantitative estimate of drug-likeness (QED) is 0.669. The number of aliphatic hydroxyl groups excluding tert-OH is 1. The SMILES string of the molecule is C=C/C=C\CC1=C(C)C(O)CC1=O. The van der Waals surface area contributed by atoms with Gasteiger partial charge in [0, 0.05) is 12.0 Å². The summed E-state index contributed by atoms with van der Waals surface area (Å²) in [5.74, 6) is 0.0683. The van der Waals surface area contributed by atoms with Gasteiger partial charge in [0.15, 0.2) is 5.78 Å². The second kappa shape index (κ2) is 4.19. The van der Waals surface area contributed by atoms with Crippen LogP contribution in [0.1, 0.15) is 19.8 Å². The number of hydrogen-bond acceptors (Lipinski definition) is 2. The first-order chi connectivity index (χ1) is 6.16. The third kappa shape index (κ3) is 2.16. The molecule has 2 heteroatoms. The van der Waals surface area contributed by atoms with Gasteiger partial charge in [-0.05, 0) is 18.9 Å². The Hall–Kier alpha value is -1.15. The van der Waals surface area contributed by atoms with Crippen LogP contribution in [0.2, 0.25) is 0 Å². The molecule has 1 unspecified atom stereocenters. The molecule has 0 spiro atoms. The standard InChI is InChI=1S/C11H14O2/c1-3-4-5-6-9-8(2)10(12)7-11(9)13/h3-5,10,12H,1,6-7H2,2H3/b5-4-. The first kappa shape index (κ1) is 9.93. The lowest BCUT2D eigenvalue weighted by molar-refractivity contribution is -0.115. The third-order valence-electron chi connectivity index (χ3n) is 2.29. The van der Waals surface area contributed by atoms with Crippen molar-refractivity contribution in [1.82, 2.24) is 0 Å². The van der Waals surface area contributed by atoms with E-state index in [1.165, 1.54) is 0 Å². The van der Waals surface area contributed by atoms with Gasteiger partial charge in [-0.1, -0.05) is 24.8 Å². The fourth-order valence-corrected chi connectivity index (χ4v) is 1.43. The highest BCUT2D eigenvalue weighted by Gasteiger charge is 2.26. The highest BCUT2D eigenvalue weighted by atomic mass is 16.3. The van der Waals surface area contributed by atoms with E-state index in [0.717, 1.165) is 11.1 Å². The second-order valence-corrected chi connectivity index (χ2v) is 3.17. The van der Waals surface area contributed by atoms with Crippen molar-refractivity contribution >= 4 is 5.78 Å². The molecule has 1 aliphatic rings. The molecule has 1 aliphatic carbocycles. The van der Waals surface area contributed by atoms with Crippen molar-refractivity contribution in [2.24, 2.45) is 0 Å². The number of hydrogen-bond donors (Lipinski definition) is 1. The molecule has 1 atom stereocenters. The molecule has 1 N–H and O–H groups in total. The number of aliphatic hydroxyl groups is 1. The monoisotopic (exact) mass is 178 g/mol. The van der Waals surface area contributed by atoms with Crippen molar-refractivity contribution in [3.8, 4) is 0 Å². The fraction of sp³-hybridized carbons (Fsp3) is 0.364. The normalized spacial score (nSPS) is 23.2. The van der Waals surface area contributed by atoms with Crippen LogP contribution in [0.15, 0.2) is 36.0 Å². The van der Waals surface area contributed by atoms with Crippen molar-refractivity contribution in [3.05, 3.63) is 36.0 Å². The maximum absolute atomic E-state index is 11.3. The Morgan fingerprint density at radius 1 is 1.69 bits per heavy atom. The minimum absolute atomic E-state index is 0.0683. The minimum atomic E-state index is -0.556. The van der Waals surface area contributed by atoms with Gasteiger partial charge in [-0.15, -0.1) is 0 Å². The maximum Gasteiger partial charge on any atom is 0.162 e. The Kier molecular flexibility index (Phi) is 3.20. The molecule has 13 heavy (non-hydrogen) atoms. The van der Waals surface area contributed by atoms with E-state index in [-0.39, 0.29) is 12.2 Å². The summed E-state index contributed by atoms with van der Waals surface area (Å²) in [4.78, 5) is 11.3. The highest BCUT2D eigenvalue weighted by Crippen LogP contribution is 2.25. The summed E-state index contributed by atoms with van der Waals surface area (Å²) in [5, 5.41) is 9.37. The highest BCUT2D eigenvalue weighted by molar-refractivity contribution is 5.99. The summed E-state index contributed by atoms with van der Waals surface area (Å²) in [6.45, 7) is 5.35. The number of rotatable bonds is 3. The molecule has 0 radical (unpaired) electrons. The molecule has 0 fully saturated rings. The van der Waals surface area contributed by atoms with Gasteiger partial charge in [-0.25, -0.2) is 0 Å². The molecule has 0 aromatic rings. The number of allylic oxidation sites excluding steroid dienone is 4. The number of Topliss-reactive ketones (excluding diaryl/α,β-unsaturated/α-hetero) is 1. The molecule has 0 saturated carbocycles. The van der Waals surface area contributed by atoms with Gasteiger partial charge < -0.3 is 5.11 Å².